The van der Waals surface area contributed by atoms with Crippen molar-refractivity contribution in [1.29, 1.82) is 0 Å². The number of amides is 1. The fourth-order valence-electron chi connectivity index (χ4n) is 1.95. The van der Waals surface area contributed by atoms with E-state index in [0.29, 0.717) is 5.25 Å². The number of hydrogen-bond donors (Lipinski definition) is 1. The van der Waals surface area contributed by atoms with Gasteiger partial charge in [-0.3, -0.25) is 4.79 Å². The van der Waals surface area contributed by atoms with Crippen LogP contribution in [-0.4, -0.2) is 40.9 Å². The van der Waals surface area contributed by atoms with Crippen LogP contribution in [0.3, 0.4) is 0 Å². The summed E-state index contributed by atoms with van der Waals surface area (Å²) in [5.74, 6) is 1.22. The van der Waals surface area contributed by atoms with Crippen LogP contribution in [0.2, 0.25) is 0 Å². The van der Waals surface area contributed by atoms with E-state index in [1.165, 1.54) is 0 Å². The Hall–Kier alpha value is -0.220. The van der Waals surface area contributed by atoms with E-state index in [4.69, 9.17) is 5.73 Å². The molecule has 1 amide bonds. The predicted octanol–water partition coefficient (Wildman–Crippen LogP) is 1.86. The molecule has 3 nitrogen and oxygen atoms in total. The molecule has 0 radical (unpaired) electrons. The Morgan fingerprint density at radius 1 is 1.56 bits per heavy atom. The van der Waals surface area contributed by atoms with Crippen molar-refractivity contribution in [2.75, 3.05) is 18.8 Å². The summed E-state index contributed by atoms with van der Waals surface area (Å²) >= 11 is 1.98. The minimum Gasteiger partial charge on any atom is -0.339 e. The number of thioether (sulfide) groups is 1. The second kappa shape index (κ2) is 7.17. The Morgan fingerprint density at radius 3 is 2.94 bits per heavy atom. The van der Waals surface area contributed by atoms with Crippen molar-refractivity contribution >= 4 is 17.7 Å². The first kappa shape index (κ1) is 13.8. The second-order valence-corrected chi connectivity index (χ2v) is 5.84. The molecule has 2 unspecified atom stereocenters. The van der Waals surface area contributed by atoms with E-state index in [1.54, 1.807) is 0 Å². The topological polar surface area (TPSA) is 46.3 Å². The number of carbonyl (C=O) groups excluding carboxylic acids is 1. The van der Waals surface area contributed by atoms with E-state index in [1.807, 2.05) is 16.7 Å². The third-order valence-corrected chi connectivity index (χ3v) is 4.46. The molecule has 0 aromatic rings. The summed E-state index contributed by atoms with van der Waals surface area (Å²) in [4.78, 5) is 14.0. The average Bonchev–Trinajstić information content (AvgIpc) is 2.35. The zero-order chi connectivity index (χ0) is 12.0. The molecule has 1 aliphatic heterocycles. The minimum absolute atomic E-state index is 0.159. The summed E-state index contributed by atoms with van der Waals surface area (Å²) in [6.07, 6.45) is 4.12. The molecule has 2 N–H and O–H groups in total. The predicted molar refractivity (Wildman–Crippen MR) is 70.6 cm³/mol. The largest absolute Gasteiger partial charge is 0.339 e. The molecule has 0 spiro atoms. The third-order valence-electron chi connectivity index (χ3n) is 3.09. The molecule has 1 aliphatic rings. The van der Waals surface area contributed by atoms with Gasteiger partial charge in [-0.1, -0.05) is 26.7 Å². The van der Waals surface area contributed by atoms with E-state index in [0.717, 1.165) is 44.5 Å². The fourth-order valence-corrected chi connectivity index (χ4v) is 3.13. The smallest absolute Gasteiger partial charge is 0.239 e. The normalized spacial score (nSPS) is 23.2. The highest BCUT2D eigenvalue weighted by Gasteiger charge is 2.26. The standard InChI is InChI=1S/C12H24N2OS/c1-3-5-6-11(13)12(15)14-7-8-16-10(4-2)9-14/h10-11H,3-9,13H2,1-2H3. The monoisotopic (exact) mass is 244 g/mol. The van der Waals surface area contributed by atoms with Crippen LogP contribution in [0.25, 0.3) is 0 Å². The molecule has 16 heavy (non-hydrogen) atoms. The van der Waals surface area contributed by atoms with Crippen molar-refractivity contribution in [1.82, 2.24) is 4.90 Å². The van der Waals surface area contributed by atoms with Crippen molar-refractivity contribution < 1.29 is 4.79 Å². The van der Waals surface area contributed by atoms with Crippen LogP contribution in [0.5, 0.6) is 0 Å². The van der Waals surface area contributed by atoms with Crippen LogP contribution >= 0.6 is 11.8 Å². The molecule has 0 bridgehead atoms. The van der Waals surface area contributed by atoms with Crippen LogP contribution in [0.4, 0.5) is 0 Å². The molecule has 0 aliphatic carbocycles. The minimum atomic E-state index is -0.277. The summed E-state index contributed by atoms with van der Waals surface area (Å²) in [6.45, 7) is 6.07. The molecule has 2 atom stereocenters. The Bertz CT molecular complexity index is 223. The van der Waals surface area contributed by atoms with E-state index in [2.05, 4.69) is 13.8 Å². The zero-order valence-corrected chi connectivity index (χ0v) is 11.3. The van der Waals surface area contributed by atoms with Crippen molar-refractivity contribution in [3.8, 4) is 0 Å². The lowest BCUT2D eigenvalue weighted by atomic mass is 10.1. The van der Waals surface area contributed by atoms with E-state index < -0.39 is 0 Å². The molecule has 1 fully saturated rings. The van der Waals surface area contributed by atoms with Gasteiger partial charge in [0.1, 0.15) is 0 Å². The maximum Gasteiger partial charge on any atom is 0.239 e. The molecule has 0 aromatic carbocycles. The van der Waals surface area contributed by atoms with Crippen LogP contribution in [-0.2, 0) is 4.79 Å². The van der Waals surface area contributed by atoms with Crippen molar-refractivity contribution in [3.63, 3.8) is 0 Å². The number of rotatable bonds is 5. The van der Waals surface area contributed by atoms with Gasteiger partial charge in [0.05, 0.1) is 6.04 Å². The number of unbranched alkanes of at least 4 members (excludes halogenated alkanes) is 1. The lowest BCUT2D eigenvalue weighted by Crippen LogP contribution is -2.49. The first-order valence-electron chi connectivity index (χ1n) is 6.35. The molecule has 4 heteroatoms. The molecule has 1 saturated heterocycles. The fraction of sp³-hybridized carbons (Fsp3) is 0.917. The van der Waals surface area contributed by atoms with E-state index in [9.17, 15) is 4.79 Å². The van der Waals surface area contributed by atoms with Gasteiger partial charge in [-0.05, 0) is 12.8 Å². The van der Waals surface area contributed by atoms with E-state index in [-0.39, 0.29) is 11.9 Å². The Morgan fingerprint density at radius 2 is 2.31 bits per heavy atom. The first-order chi connectivity index (χ1) is 7.69. The molecule has 0 aromatic heterocycles. The van der Waals surface area contributed by atoms with Gasteiger partial charge in [0.15, 0.2) is 0 Å². The molecule has 94 valence electrons. The third kappa shape index (κ3) is 3.98. The lowest BCUT2D eigenvalue weighted by Gasteiger charge is -2.33. The summed E-state index contributed by atoms with van der Waals surface area (Å²) in [5.41, 5.74) is 5.92. The maximum atomic E-state index is 12.1. The van der Waals surface area contributed by atoms with Crippen LogP contribution in [0.15, 0.2) is 0 Å². The number of nitrogens with two attached hydrogens (primary N) is 1. The van der Waals surface area contributed by atoms with E-state index >= 15 is 0 Å². The summed E-state index contributed by atoms with van der Waals surface area (Å²) in [5, 5.41) is 0.607. The van der Waals surface area contributed by atoms with Crippen molar-refractivity contribution in [3.05, 3.63) is 0 Å². The van der Waals surface area contributed by atoms with Crippen molar-refractivity contribution in [2.24, 2.45) is 5.73 Å². The highest BCUT2D eigenvalue weighted by atomic mass is 32.2. The number of nitrogens with zero attached hydrogens (tertiary/aromatic N) is 1. The summed E-state index contributed by atoms with van der Waals surface area (Å²) in [7, 11) is 0. The Labute approximate surface area is 103 Å². The lowest BCUT2D eigenvalue weighted by molar-refractivity contribution is -0.132. The first-order valence-corrected chi connectivity index (χ1v) is 7.39. The van der Waals surface area contributed by atoms with Gasteiger partial charge in [-0.25, -0.2) is 0 Å². The number of hydrogen-bond acceptors (Lipinski definition) is 3. The van der Waals surface area contributed by atoms with Crippen LogP contribution < -0.4 is 5.73 Å². The van der Waals surface area contributed by atoms with Gasteiger partial charge in [0.25, 0.3) is 0 Å². The zero-order valence-electron chi connectivity index (χ0n) is 10.4. The van der Waals surface area contributed by atoms with Crippen LogP contribution in [0, 0.1) is 0 Å². The summed E-state index contributed by atoms with van der Waals surface area (Å²) in [6, 6.07) is -0.277. The molecular formula is C12H24N2OS. The quantitative estimate of drug-likeness (QED) is 0.803. The average molecular weight is 244 g/mol. The molecule has 0 saturated carbocycles. The molecule has 1 heterocycles. The van der Waals surface area contributed by atoms with Crippen molar-refractivity contribution in [2.45, 2.75) is 50.8 Å². The van der Waals surface area contributed by atoms with Gasteiger partial charge in [-0.2, -0.15) is 11.8 Å². The highest BCUT2D eigenvalue weighted by Crippen LogP contribution is 2.21. The SMILES string of the molecule is CCCCC(N)C(=O)N1CCSC(CC)C1. The van der Waals surface area contributed by atoms with Gasteiger partial charge in [0, 0.05) is 24.1 Å². The molecular weight excluding hydrogens is 220 g/mol. The van der Waals surface area contributed by atoms with Gasteiger partial charge >= 0.3 is 0 Å². The van der Waals surface area contributed by atoms with Gasteiger partial charge in [0.2, 0.25) is 5.91 Å². The number of carbonyl (C=O) groups is 1. The molecule has 1 rings (SSSR count). The van der Waals surface area contributed by atoms with Crippen LogP contribution in [0.1, 0.15) is 39.5 Å². The second-order valence-electron chi connectivity index (χ2n) is 4.43. The summed E-state index contributed by atoms with van der Waals surface area (Å²) < 4.78 is 0. The van der Waals surface area contributed by atoms with Gasteiger partial charge < -0.3 is 10.6 Å². The Kier molecular flexibility index (Phi) is 6.21. The van der Waals surface area contributed by atoms with Gasteiger partial charge in [-0.15, -0.1) is 0 Å². The Balaban J connectivity index is 2.40. The maximum absolute atomic E-state index is 12.1. The highest BCUT2D eigenvalue weighted by molar-refractivity contribution is 8.00.